The third-order valence-electron chi connectivity index (χ3n) is 5.93. The van der Waals surface area contributed by atoms with Crippen LogP contribution < -0.4 is 4.90 Å². The van der Waals surface area contributed by atoms with Crippen molar-refractivity contribution in [2.75, 3.05) is 11.4 Å². The summed E-state index contributed by atoms with van der Waals surface area (Å²) in [7, 11) is 0. The number of carbonyl (C=O) groups is 2. The molecule has 0 radical (unpaired) electrons. The maximum Gasteiger partial charge on any atom is 0.237 e. The van der Waals surface area contributed by atoms with Gasteiger partial charge in [0.25, 0.3) is 0 Å². The maximum absolute atomic E-state index is 12.5. The fraction of sp³-hybridized carbons (Fsp3) is 0.478. The van der Waals surface area contributed by atoms with Crippen molar-refractivity contribution in [2.24, 2.45) is 5.41 Å². The van der Waals surface area contributed by atoms with Crippen LogP contribution in [-0.2, 0) is 9.59 Å². The van der Waals surface area contributed by atoms with Gasteiger partial charge in [-0.3, -0.25) is 14.5 Å². The molecule has 0 bridgehead atoms. The number of aromatic nitrogens is 2. The Bertz CT molecular complexity index is 1050. The number of rotatable bonds is 5. The van der Waals surface area contributed by atoms with Crippen molar-refractivity contribution < 1.29 is 9.59 Å². The number of nitriles is 1. The monoisotopic (exact) mass is 405 g/mol. The highest BCUT2D eigenvalue weighted by Gasteiger charge is 2.35. The van der Waals surface area contributed by atoms with E-state index in [0.29, 0.717) is 18.8 Å². The molecule has 0 saturated heterocycles. The first kappa shape index (κ1) is 20.1. The van der Waals surface area contributed by atoms with Crippen molar-refractivity contribution in [2.45, 2.75) is 58.5 Å². The molecule has 30 heavy (non-hydrogen) atoms. The summed E-state index contributed by atoms with van der Waals surface area (Å²) in [6.45, 7) is 6.89. The van der Waals surface area contributed by atoms with Gasteiger partial charge in [0.15, 0.2) is 0 Å². The van der Waals surface area contributed by atoms with E-state index in [1.807, 2.05) is 29.3 Å². The highest BCUT2D eigenvalue weighted by Crippen LogP contribution is 2.38. The van der Waals surface area contributed by atoms with E-state index in [4.69, 9.17) is 5.26 Å². The fourth-order valence-corrected chi connectivity index (χ4v) is 4.24. The molecular formula is C23H27N5O2. The summed E-state index contributed by atoms with van der Waals surface area (Å²) in [5.41, 5.74) is 2.77. The van der Waals surface area contributed by atoms with E-state index in [1.165, 1.54) is 0 Å². The lowest BCUT2D eigenvalue weighted by molar-refractivity contribution is -0.133. The van der Waals surface area contributed by atoms with Crippen LogP contribution in [0.4, 0.5) is 5.82 Å². The Morgan fingerprint density at radius 3 is 2.83 bits per heavy atom. The number of nitrogens with zero attached hydrogens (tertiary/aromatic N) is 4. The molecular weight excluding hydrogens is 378 g/mol. The van der Waals surface area contributed by atoms with Gasteiger partial charge in [0, 0.05) is 24.2 Å². The second-order valence-corrected chi connectivity index (χ2v) is 9.19. The normalized spacial score (nSPS) is 19.3. The number of anilines is 1. The molecule has 1 N–H and O–H groups in total. The van der Waals surface area contributed by atoms with Crippen LogP contribution in [0.1, 0.15) is 52.0 Å². The topological polar surface area (TPSA) is 93.1 Å². The van der Waals surface area contributed by atoms with Gasteiger partial charge in [-0.1, -0.05) is 26.8 Å². The molecule has 2 aromatic rings. The van der Waals surface area contributed by atoms with Gasteiger partial charge in [-0.05, 0) is 47.9 Å². The average molecular weight is 406 g/mol. The number of amides is 2. The number of H-pyrrole nitrogens is 1. The van der Waals surface area contributed by atoms with Crippen molar-refractivity contribution in [1.29, 1.82) is 5.26 Å². The van der Waals surface area contributed by atoms with E-state index in [0.717, 1.165) is 41.4 Å². The standard InChI is InChI=1S/C23H27N5O2/c1-23(2,3)19-12-15(8-11-27(19)21(30)6-9-24)18-13-20(28(14-29)16-4-5-16)26-22-17(18)7-10-25-22/h7,10,12-14,16,19H,4-6,8,11H2,1-3H3,(H,25,26). The van der Waals surface area contributed by atoms with Crippen molar-refractivity contribution in [3.63, 3.8) is 0 Å². The molecule has 4 rings (SSSR count). The highest BCUT2D eigenvalue weighted by atomic mass is 16.2. The average Bonchev–Trinajstić information content (AvgIpc) is 3.43. The first-order chi connectivity index (χ1) is 14.3. The van der Waals surface area contributed by atoms with Gasteiger partial charge >= 0.3 is 0 Å². The minimum atomic E-state index is -0.174. The quantitative estimate of drug-likeness (QED) is 0.769. The molecule has 0 spiro atoms. The number of hydrogen-bond donors (Lipinski definition) is 1. The molecule has 2 amide bonds. The smallest absolute Gasteiger partial charge is 0.237 e. The summed E-state index contributed by atoms with van der Waals surface area (Å²) in [4.78, 5) is 35.6. The van der Waals surface area contributed by atoms with E-state index in [1.54, 1.807) is 4.90 Å². The highest BCUT2D eigenvalue weighted by molar-refractivity contribution is 5.94. The van der Waals surface area contributed by atoms with Crippen molar-refractivity contribution in [3.05, 3.63) is 30.0 Å². The van der Waals surface area contributed by atoms with Crippen molar-refractivity contribution >= 4 is 34.7 Å². The van der Waals surface area contributed by atoms with Crippen molar-refractivity contribution in [3.8, 4) is 6.07 Å². The second-order valence-electron chi connectivity index (χ2n) is 9.19. The van der Waals surface area contributed by atoms with Crippen LogP contribution in [0.15, 0.2) is 24.4 Å². The summed E-state index contributed by atoms with van der Waals surface area (Å²) in [6.07, 6.45) is 7.49. The molecule has 1 aliphatic heterocycles. The number of fused-ring (bicyclic) bond motifs is 1. The van der Waals surface area contributed by atoms with E-state index < -0.39 is 0 Å². The molecule has 1 atom stereocenters. The Kier molecular flexibility index (Phi) is 5.10. The molecule has 1 unspecified atom stereocenters. The predicted octanol–water partition coefficient (Wildman–Crippen LogP) is 3.63. The Hall–Kier alpha value is -3.14. The number of pyridine rings is 1. The van der Waals surface area contributed by atoms with E-state index in [-0.39, 0.29) is 29.8 Å². The van der Waals surface area contributed by atoms with E-state index >= 15 is 0 Å². The molecule has 1 fully saturated rings. The summed E-state index contributed by atoms with van der Waals surface area (Å²) < 4.78 is 0. The van der Waals surface area contributed by atoms with Crippen LogP contribution in [0.3, 0.4) is 0 Å². The Balaban J connectivity index is 1.79. The van der Waals surface area contributed by atoms with Crippen LogP contribution in [0, 0.1) is 16.7 Å². The fourth-order valence-electron chi connectivity index (χ4n) is 4.24. The lowest BCUT2D eigenvalue weighted by atomic mass is 9.80. The molecule has 0 aromatic carbocycles. The van der Waals surface area contributed by atoms with E-state index in [9.17, 15) is 9.59 Å². The van der Waals surface area contributed by atoms with E-state index in [2.05, 4.69) is 36.8 Å². The number of aromatic amines is 1. The van der Waals surface area contributed by atoms with Gasteiger partial charge in [0.1, 0.15) is 17.9 Å². The Morgan fingerprint density at radius 2 is 2.20 bits per heavy atom. The number of nitrogens with one attached hydrogen (secondary N) is 1. The minimum absolute atomic E-state index is 0.104. The van der Waals surface area contributed by atoms with Gasteiger partial charge in [-0.2, -0.15) is 5.26 Å². The van der Waals surface area contributed by atoms with Gasteiger partial charge in [0.2, 0.25) is 12.3 Å². The summed E-state index contributed by atoms with van der Waals surface area (Å²) in [5, 5.41) is 9.99. The Morgan fingerprint density at radius 1 is 1.43 bits per heavy atom. The van der Waals surface area contributed by atoms with Crippen molar-refractivity contribution in [1.82, 2.24) is 14.9 Å². The predicted molar refractivity (Wildman–Crippen MR) is 115 cm³/mol. The Labute approximate surface area is 176 Å². The molecule has 1 aliphatic carbocycles. The number of hydrogen-bond acceptors (Lipinski definition) is 4. The molecule has 156 valence electrons. The van der Waals surface area contributed by atoms with Gasteiger partial charge in [-0.15, -0.1) is 0 Å². The molecule has 1 saturated carbocycles. The largest absolute Gasteiger partial charge is 0.346 e. The minimum Gasteiger partial charge on any atom is -0.346 e. The van der Waals surface area contributed by atoms with Gasteiger partial charge < -0.3 is 9.88 Å². The first-order valence-corrected chi connectivity index (χ1v) is 10.4. The molecule has 2 aromatic heterocycles. The summed E-state index contributed by atoms with van der Waals surface area (Å²) in [5.74, 6) is 0.532. The van der Waals surface area contributed by atoms with Crippen LogP contribution in [-0.4, -0.2) is 45.8 Å². The molecule has 7 heteroatoms. The summed E-state index contributed by atoms with van der Waals surface area (Å²) >= 11 is 0. The zero-order valence-corrected chi connectivity index (χ0v) is 17.7. The lowest BCUT2D eigenvalue weighted by Crippen LogP contribution is -2.48. The maximum atomic E-state index is 12.5. The third kappa shape index (κ3) is 3.70. The van der Waals surface area contributed by atoms with Crippen LogP contribution >= 0.6 is 0 Å². The van der Waals surface area contributed by atoms with Gasteiger partial charge in [-0.25, -0.2) is 4.98 Å². The molecule has 3 heterocycles. The van der Waals surface area contributed by atoms with Crippen LogP contribution in [0.5, 0.6) is 0 Å². The SMILES string of the molecule is CC(C)(C)C1C=C(c2cc(N(C=O)C3CC3)nc3[nH]ccc23)CCN1C(=O)CC#N. The zero-order chi connectivity index (χ0) is 21.5. The second kappa shape index (κ2) is 7.60. The third-order valence-corrected chi connectivity index (χ3v) is 5.93. The molecule has 7 nitrogen and oxygen atoms in total. The first-order valence-electron chi connectivity index (χ1n) is 10.4. The number of carbonyl (C=O) groups excluding carboxylic acids is 2. The molecule has 2 aliphatic rings. The lowest BCUT2D eigenvalue weighted by Gasteiger charge is -2.42. The summed E-state index contributed by atoms with van der Waals surface area (Å²) in [6, 6.07) is 6.11. The van der Waals surface area contributed by atoms with Crippen LogP contribution in [0.2, 0.25) is 0 Å². The van der Waals surface area contributed by atoms with Gasteiger partial charge in [0.05, 0.1) is 12.1 Å². The van der Waals surface area contributed by atoms with Crippen LogP contribution in [0.25, 0.3) is 16.6 Å². The zero-order valence-electron chi connectivity index (χ0n) is 17.7.